The fraction of sp³-hybridized carbons (Fsp3) is 0.267. The van der Waals surface area contributed by atoms with E-state index in [2.05, 4.69) is 47.0 Å². The third-order valence-corrected chi connectivity index (χ3v) is 4.75. The maximum Gasteiger partial charge on any atom is 0.0865 e. The van der Waals surface area contributed by atoms with Crippen molar-refractivity contribution < 1.29 is 0 Å². The lowest BCUT2D eigenvalue weighted by Gasteiger charge is -2.09. The number of benzene rings is 1. The highest BCUT2D eigenvalue weighted by Gasteiger charge is 2.12. The van der Waals surface area contributed by atoms with Gasteiger partial charge in [-0.2, -0.15) is 5.10 Å². The van der Waals surface area contributed by atoms with Crippen molar-refractivity contribution in [3.05, 3.63) is 46.1 Å². The summed E-state index contributed by atoms with van der Waals surface area (Å²) >= 11 is 8.07. The van der Waals surface area contributed by atoms with Crippen LogP contribution in [0.15, 0.2) is 29.6 Å². The van der Waals surface area contributed by atoms with E-state index >= 15 is 0 Å². The molecule has 0 aliphatic heterocycles. The summed E-state index contributed by atoms with van der Waals surface area (Å²) in [7, 11) is 0. The molecule has 0 saturated carbocycles. The first-order valence-electron chi connectivity index (χ1n) is 6.62. The largest absolute Gasteiger partial charge is 0.379 e. The zero-order chi connectivity index (χ0) is 14.1. The molecule has 0 spiro atoms. The number of rotatable bonds is 4. The lowest BCUT2D eigenvalue weighted by atomic mass is 10.2. The highest BCUT2D eigenvalue weighted by molar-refractivity contribution is 7.17. The Hall–Kier alpha value is -1.52. The van der Waals surface area contributed by atoms with Crippen molar-refractivity contribution in [3.63, 3.8) is 0 Å². The van der Waals surface area contributed by atoms with E-state index in [1.54, 1.807) is 11.3 Å². The second-order valence-electron chi connectivity index (χ2n) is 4.69. The molecule has 3 aromatic rings. The molecule has 0 aliphatic rings. The van der Waals surface area contributed by atoms with E-state index in [-0.39, 0.29) is 0 Å². The van der Waals surface area contributed by atoms with Gasteiger partial charge in [0.25, 0.3) is 0 Å². The molecule has 0 atom stereocenters. The van der Waals surface area contributed by atoms with Gasteiger partial charge in [0.1, 0.15) is 0 Å². The molecular weight excluding hydrogens is 290 g/mol. The number of hydrogen-bond donors (Lipinski definition) is 1. The van der Waals surface area contributed by atoms with E-state index in [0.29, 0.717) is 6.54 Å². The first-order chi connectivity index (χ1) is 9.69. The zero-order valence-corrected chi connectivity index (χ0v) is 13.1. The van der Waals surface area contributed by atoms with Gasteiger partial charge in [-0.05, 0) is 48.9 Å². The summed E-state index contributed by atoms with van der Waals surface area (Å²) in [4.78, 5) is 0. The second-order valence-corrected chi connectivity index (χ2v) is 6.01. The molecule has 1 N–H and O–H groups in total. The number of hydrogen-bond acceptors (Lipinski definition) is 3. The van der Waals surface area contributed by atoms with Gasteiger partial charge in [-0.1, -0.05) is 11.6 Å². The van der Waals surface area contributed by atoms with Gasteiger partial charge in [-0.3, -0.25) is 4.68 Å². The van der Waals surface area contributed by atoms with Crippen molar-refractivity contribution in [1.82, 2.24) is 9.78 Å². The summed E-state index contributed by atoms with van der Waals surface area (Å²) in [6.07, 6.45) is 0. The van der Waals surface area contributed by atoms with Gasteiger partial charge in [0.15, 0.2) is 0 Å². The van der Waals surface area contributed by atoms with Crippen LogP contribution in [0.2, 0.25) is 5.02 Å². The van der Waals surface area contributed by atoms with E-state index in [1.165, 1.54) is 10.1 Å². The van der Waals surface area contributed by atoms with Crippen molar-refractivity contribution in [2.75, 3.05) is 5.32 Å². The molecule has 0 radical (unpaired) electrons. The standard InChI is InChI=1S/C15H16ClN3S/c1-3-19-13(15(16)10(2)18-19)9-17-12-4-5-14-11(8-12)6-7-20-14/h4-8,17H,3,9H2,1-2H3. The summed E-state index contributed by atoms with van der Waals surface area (Å²) in [5.74, 6) is 0. The Labute approximate surface area is 127 Å². The topological polar surface area (TPSA) is 29.9 Å². The lowest BCUT2D eigenvalue weighted by molar-refractivity contribution is 0.623. The zero-order valence-electron chi connectivity index (χ0n) is 11.5. The molecule has 2 heterocycles. The molecule has 3 rings (SSSR count). The predicted molar refractivity (Wildman–Crippen MR) is 86.8 cm³/mol. The summed E-state index contributed by atoms with van der Waals surface area (Å²) < 4.78 is 3.26. The van der Waals surface area contributed by atoms with E-state index in [0.717, 1.165) is 28.6 Å². The SMILES string of the molecule is CCn1nc(C)c(Cl)c1CNc1ccc2sccc2c1. The number of fused-ring (bicyclic) bond motifs is 1. The second kappa shape index (κ2) is 5.46. The van der Waals surface area contributed by atoms with Crippen LogP contribution in [0.1, 0.15) is 18.3 Å². The van der Waals surface area contributed by atoms with Crippen LogP contribution >= 0.6 is 22.9 Å². The molecule has 104 valence electrons. The third-order valence-electron chi connectivity index (χ3n) is 3.37. The Bertz CT molecular complexity index is 745. The average molecular weight is 306 g/mol. The Kier molecular flexibility index (Phi) is 3.68. The van der Waals surface area contributed by atoms with Crippen LogP contribution in [-0.4, -0.2) is 9.78 Å². The van der Waals surface area contributed by atoms with Gasteiger partial charge in [0.05, 0.1) is 23.0 Å². The van der Waals surface area contributed by atoms with Gasteiger partial charge < -0.3 is 5.32 Å². The van der Waals surface area contributed by atoms with Gasteiger partial charge in [0, 0.05) is 16.9 Å². The minimum absolute atomic E-state index is 0.684. The normalized spacial score (nSPS) is 11.2. The molecule has 0 aliphatic carbocycles. The number of nitrogens with one attached hydrogen (secondary N) is 1. The molecule has 1 aromatic carbocycles. The van der Waals surface area contributed by atoms with E-state index < -0.39 is 0 Å². The summed E-state index contributed by atoms with van der Waals surface area (Å²) in [5, 5.41) is 12.0. The van der Waals surface area contributed by atoms with Crippen LogP contribution in [0.25, 0.3) is 10.1 Å². The van der Waals surface area contributed by atoms with Gasteiger partial charge in [0.2, 0.25) is 0 Å². The molecule has 0 bridgehead atoms. The Morgan fingerprint density at radius 3 is 3.00 bits per heavy atom. The monoisotopic (exact) mass is 305 g/mol. The molecular formula is C15H16ClN3S. The minimum Gasteiger partial charge on any atom is -0.379 e. The van der Waals surface area contributed by atoms with Crippen LogP contribution in [-0.2, 0) is 13.1 Å². The summed E-state index contributed by atoms with van der Waals surface area (Å²) in [5.41, 5.74) is 3.03. The molecule has 5 heteroatoms. The van der Waals surface area contributed by atoms with Crippen molar-refractivity contribution in [2.24, 2.45) is 0 Å². The van der Waals surface area contributed by atoms with Gasteiger partial charge in [-0.15, -0.1) is 11.3 Å². The first-order valence-corrected chi connectivity index (χ1v) is 7.87. The van der Waals surface area contributed by atoms with E-state index in [1.807, 2.05) is 11.6 Å². The maximum absolute atomic E-state index is 6.31. The van der Waals surface area contributed by atoms with Crippen molar-refractivity contribution in [1.29, 1.82) is 0 Å². The molecule has 20 heavy (non-hydrogen) atoms. The molecule has 0 fully saturated rings. The number of anilines is 1. The first kappa shape index (κ1) is 13.5. The third kappa shape index (κ3) is 2.41. The van der Waals surface area contributed by atoms with Crippen LogP contribution in [0.5, 0.6) is 0 Å². The highest BCUT2D eigenvalue weighted by Crippen LogP contribution is 2.25. The average Bonchev–Trinajstić information content (AvgIpc) is 3.02. The highest BCUT2D eigenvalue weighted by atomic mass is 35.5. The number of thiophene rings is 1. The van der Waals surface area contributed by atoms with Crippen molar-refractivity contribution in [3.8, 4) is 0 Å². The van der Waals surface area contributed by atoms with Crippen molar-refractivity contribution in [2.45, 2.75) is 26.9 Å². The van der Waals surface area contributed by atoms with Gasteiger partial charge in [-0.25, -0.2) is 0 Å². The fourth-order valence-corrected chi connectivity index (χ4v) is 3.27. The smallest absolute Gasteiger partial charge is 0.0865 e. The van der Waals surface area contributed by atoms with Crippen LogP contribution in [0.4, 0.5) is 5.69 Å². The number of aromatic nitrogens is 2. The molecule has 0 saturated heterocycles. The quantitative estimate of drug-likeness (QED) is 0.757. The summed E-state index contributed by atoms with van der Waals surface area (Å²) in [6.45, 7) is 5.52. The molecule has 0 amide bonds. The Balaban J connectivity index is 1.82. The Morgan fingerprint density at radius 1 is 1.35 bits per heavy atom. The number of nitrogens with zero attached hydrogens (tertiary/aromatic N) is 2. The minimum atomic E-state index is 0.684. The number of aryl methyl sites for hydroxylation is 2. The van der Waals surface area contributed by atoms with Gasteiger partial charge >= 0.3 is 0 Å². The van der Waals surface area contributed by atoms with Crippen LogP contribution in [0, 0.1) is 6.92 Å². The molecule has 3 nitrogen and oxygen atoms in total. The fourth-order valence-electron chi connectivity index (χ4n) is 2.30. The van der Waals surface area contributed by atoms with Crippen molar-refractivity contribution >= 4 is 38.7 Å². The van der Waals surface area contributed by atoms with Crippen LogP contribution in [0.3, 0.4) is 0 Å². The predicted octanol–water partition coefficient (Wildman–Crippen LogP) is 4.69. The summed E-state index contributed by atoms with van der Waals surface area (Å²) in [6, 6.07) is 8.55. The molecule has 0 unspecified atom stereocenters. The Morgan fingerprint density at radius 2 is 2.20 bits per heavy atom. The van der Waals surface area contributed by atoms with E-state index in [4.69, 9.17) is 11.6 Å². The van der Waals surface area contributed by atoms with E-state index in [9.17, 15) is 0 Å². The molecule has 2 aromatic heterocycles. The number of halogens is 1. The maximum atomic E-state index is 6.31. The lowest BCUT2D eigenvalue weighted by Crippen LogP contribution is -2.08. The van der Waals surface area contributed by atoms with Crippen LogP contribution < -0.4 is 5.32 Å².